The van der Waals surface area contributed by atoms with Gasteiger partial charge in [0, 0.05) is 13.6 Å². The SMILES string of the molecule is CN(CC1CCCC1)C(=O)C(N)CC(N)=O. The molecule has 92 valence electrons. The van der Waals surface area contributed by atoms with Crippen LogP contribution in [-0.2, 0) is 9.59 Å². The molecule has 1 aliphatic rings. The summed E-state index contributed by atoms with van der Waals surface area (Å²) in [5.74, 6) is -0.129. The fraction of sp³-hybridized carbons (Fsp3) is 0.818. The van der Waals surface area contributed by atoms with Crippen LogP contribution in [0.4, 0.5) is 0 Å². The van der Waals surface area contributed by atoms with Gasteiger partial charge >= 0.3 is 0 Å². The van der Waals surface area contributed by atoms with Crippen molar-refractivity contribution in [1.29, 1.82) is 0 Å². The van der Waals surface area contributed by atoms with Crippen LogP contribution in [0.25, 0.3) is 0 Å². The van der Waals surface area contributed by atoms with Crippen molar-refractivity contribution in [3.63, 3.8) is 0 Å². The number of nitrogens with two attached hydrogens (primary N) is 2. The highest BCUT2D eigenvalue weighted by Crippen LogP contribution is 2.25. The summed E-state index contributed by atoms with van der Waals surface area (Å²) >= 11 is 0. The van der Waals surface area contributed by atoms with E-state index in [1.165, 1.54) is 25.7 Å². The van der Waals surface area contributed by atoms with Gasteiger partial charge in [0.1, 0.15) is 0 Å². The summed E-state index contributed by atoms with van der Waals surface area (Å²) in [6.45, 7) is 0.741. The highest BCUT2D eigenvalue weighted by atomic mass is 16.2. The van der Waals surface area contributed by atoms with Crippen LogP contribution >= 0.6 is 0 Å². The van der Waals surface area contributed by atoms with E-state index in [1.807, 2.05) is 0 Å². The van der Waals surface area contributed by atoms with Gasteiger partial charge in [0.15, 0.2) is 0 Å². The van der Waals surface area contributed by atoms with Gasteiger partial charge in [-0.3, -0.25) is 9.59 Å². The molecule has 1 aliphatic carbocycles. The number of carbonyl (C=O) groups excluding carboxylic acids is 2. The van der Waals surface area contributed by atoms with Crippen molar-refractivity contribution >= 4 is 11.8 Å². The lowest BCUT2D eigenvalue weighted by atomic mass is 10.1. The van der Waals surface area contributed by atoms with E-state index in [9.17, 15) is 9.59 Å². The Bertz CT molecular complexity index is 262. The van der Waals surface area contributed by atoms with Gasteiger partial charge in [-0.1, -0.05) is 12.8 Å². The van der Waals surface area contributed by atoms with E-state index in [-0.39, 0.29) is 12.3 Å². The summed E-state index contributed by atoms with van der Waals surface area (Å²) < 4.78 is 0. The van der Waals surface area contributed by atoms with Gasteiger partial charge in [-0.25, -0.2) is 0 Å². The van der Waals surface area contributed by atoms with Gasteiger partial charge in [-0.2, -0.15) is 0 Å². The average molecular weight is 227 g/mol. The standard InChI is InChI=1S/C11H21N3O2/c1-14(7-8-4-2-3-5-8)11(16)9(12)6-10(13)15/h8-9H,2-7,12H2,1H3,(H2,13,15). The topological polar surface area (TPSA) is 89.4 Å². The summed E-state index contributed by atoms with van der Waals surface area (Å²) in [7, 11) is 1.74. The molecule has 1 unspecified atom stereocenters. The number of amides is 2. The van der Waals surface area contributed by atoms with E-state index in [1.54, 1.807) is 11.9 Å². The number of nitrogens with zero attached hydrogens (tertiary/aromatic N) is 1. The van der Waals surface area contributed by atoms with Crippen LogP contribution in [0.3, 0.4) is 0 Å². The second-order valence-electron chi connectivity index (χ2n) is 4.65. The number of carbonyl (C=O) groups is 2. The molecule has 1 fully saturated rings. The Morgan fingerprint density at radius 3 is 2.44 bits per heavy atom. The number of hydrogen-bond donors (Lipinski definition) is 2. The quantitative estimate of drug-likeness (QED) is 0.683. The molecule has 0 radical (unpaired) electrons. The van der Waals surface area contributed by atoms with Crippen molar-refractivity contribution in [1.82, 2.24) is 4.90 Å². The molecule has 5 nitrogen and oxygen atoms in total. The zero-order chi connectivity index (χ0) is 12.1. The van der Waals surface area contributed by atoms with Crippen molar-refractivity contribution in [2.75, 3.05) is 13.6 Å². The molecule has 16 heavy (non-hydrogen) atoms. The minimum Gasteiger partial charge on any atom is -0.370 e. The van der Waals surface area contributed by atoms with Crippen LogP contribution in [0.1, 0.15) is 32.1 Å². The lowest BCUT2D eigenvalue weighted by molar-refractivity contribution is -0.134. The zero-order valence-corrected chi connectivity index (χ0v) is 9.82. The number of hydrogen-bond acceptors (Lipinski definition) is 3. The van der Waals surface area contributed by atoms with Crippen LogP contribution in [0.15, 0.2) is 0 Å². The minimum absolute atomic E-state index is 0.0756. The minimum atomic E-state index is -0.788. The first-order valence-electron chi connectivity index (χ1n) is 5.79. The Balaban J connectivity index is 2.36. The Hall–Kier alpha value is -1.10. The third-order valence-electron chi connectivity index (χ3n) is 3.12. The fourth-order valence-corrected chi connectivity index (χ4v) is 2.26. The van der Waals surface area contributed by atoms with Crippen LogP contribution in [0, 0.1) is 5.92 Å². The van der Waals surface area contributed by atoms with E-state index in [0.29, 0.717) is 5.92 Å². The molecule has 2 amide bonds. The van der Waals surface area contributed by atoms with Gasteiger partial charge in [-0.05, 0) is 18.8 Å². The molecule has 1 rings (SSSR count). The average Bonchev–Trinajstić information content (AvgIpc) is 2.68. The van der Waals surface area contributed by atoms with Crippen molar-refractivity contribution in [2.24, 2.45) is 17.4 Å². The van der Waals surface area contributed by atoms with Crippen LogP contribution in [0.2, 0.25) is 0 Å². The number of likely N-dealkylation sites (N-methyl/N-ethyl adjacent to an activating group) is 1. The smallest absolute Gasteiger partial charge is 0.239 e. The molecule has 1 saturated carbocycles. The third kappa shape index (κ3) is 3.81. The molecule has 0 aromatic heterocycles. The van der Waals surface area contributed by atoms with Gasteiger partial charge in [0.2, 0.25) is 11.8 Å². The predicted octanol–water partition coefficient (Wildman–Crippen LogP) is -0.162. The molecular weight excluding hydrogens is 206 g/mol. The zero-order valence-electron chi connectivity index (χ0n) is 9.82. The molecule has 1 atom stereocenters. The summed E-state index contributed by atoms with van der Waals surface area (Å²) in [4.78, 5) is 24.0. The lowest BCUT2D eigenvalue weighted by Crippen LogP contribution is -2.45. The Labute approximate surface area is 96.1 Å². The fourth-order valence-electron chi connectivity index (χ4n) is 2.26. The van der Waals surface area contributed by atoms with E-state index >= 15 is 0 Å². The monoisotopic (exact) mass is 227 g/mol. The first kappa shape index (κ1) is 13.0. The molecule has 0 saturated heterocycles. The highest BCUT2D eigenvalue weighted by Gasteiger charge is 2.23. The summed E-state index contributed by atoms with van der Waals surface area (Å²) in [5, 5.41) is 0. The van der Waals surface area contributed by atoms with Gasteiger partial charge in [-0.15, -0.1) is 0 Å². The van der Waals surface area contributed by atoms with Gasteiger partial charge < -0.3 is 16.4 Å². The second-order valence-corrected chi connectivity index (χ2v) is 4.65. The lowest BCUT2D eigenvalue weighted by Gasteiger charge is -2.23. The summed E-state index contributed by atoms with van der Waals surface area (Å²) in [5.41, 5.74) is 10.6. The molecule has 0 aromatic carbocycles. The first-order valence-corrected chi connectivity index (χ1v) is 5.79. The second kappa shape index (κ2) is 5.84. The van der Waals surface area contributed by atoms with Crippen LogP contribution in [0.5, 0.6) is 0 Å². The van der Waals surface area contributed by atoms with Crippen molar-refractivity contribution in [3.8, 4) is 0 Å². The Kier molecular flexibility index (Phi) is 4.73. The maximum Gasteiger partial charge on any atom is 0.239 e. The van der Waals surface area contributed by atoms with Crippen LogP contribution in [-0.4, -0.2) is 36.3 Å². The maximum absolute atomic E-state index is 11.8. The summed E-state index contributed by atoms with van der Waals surface area (Å²) in [6, 6.07) is -0.788. The molecule has 4 N–H and O–H groups in total. The van der Waals surface area contributed by atoms with Crippen LogP contribution < -0.4 is 11.5 Å². The van der Waals surface area contributed by atoms with E-state index in [2.05, 4.69) is 0 Å². The highest BCUT2D eigenvalue weighted by molar-refractivity contribution is 5.87. The molecule has 0 spiro atoms. The number of primary amides is 1. The van der Waals surface area contributed by atoms with Crippen molar-refractivity contribution in [3.05, 3.63) is 0 Å². The van der Waals surface area contributed by atoms with Gasteiger partial charge in [0.05, 0.1) is 12.5 Å². The molecule has 0 heterocycles. The molecule has 0 aromatic rings. The van der Waals surface area contributed by atoms with Crippen molar-refractivity contribution < 1.29 is 9.59 Å². The first-order chi connectivity index (χ1) is 7.50. The van der Waals surface area contributed by atoms with E-state index in [0.717, 1.165) is 6.54 Å². The third-order valence-corrected chi connectivity index (χ3v) is 3.12. The molecule has 5 heteroatoms. The largest absolute Gasteiger partial charge is 0.370 e. The molecular formula is C11H21N3O2. The van der Waals surface area contributed by atoms with E-state index < -0.39 is 11.9 Å². The molecule has 0 bridgehead atoms. The maximum atomic E-state index is 11.8. The predicted molar refractivity (Wildman–Crippen MR) is 61.4 cm³/mol. The van der Waals surface area contributed by atoms with Crippen molar-refractivity contribution in [2.45, 2.75) is 38.1 Å². The summed E-state index contributed by atoms with van der Waals surface area (Å²) in [6.07, 6.45) is 4.79. The molecule has 0 aliphatic heterocycles. The van der Waals surface area contributed by atoms with Gasteiger partial charge in [0.25, 0.3) is 0 Å². The Morgan fingerprint density at radius 2 is 1.94 bits per heavy atom. The van der Waals surface area contributed by atoms with E-state index in [4.69, 9.17) is 11.5 Å². The normalized spacial score (nSPS) is 18.4. The number of rotatable bonds is 5. The Morgan fingerprint density at radius 1 is 1.38 bits per heavy atom.